The van der Waals surface area contributed by atoms with Gasteiger partial charge in [-0.2, -0.15) is 4.21 Å². The molecule has 4 nitrogen and oxygen atoms in total. The molecule has 0 rings (SSSR count). The van der Waals surface area contributed by atoms with E-state index in [2.05, 4.69) is 0 Å². The van der Waals surface area contributed by atoms with Crippen LogP contribution in [0.5, 0.6) is 0 Å². The molecule has 0 saturated carbocycles. The predicted octanol–water partition coefficient (Wildman–Crippen LogP) is 2.44. The SMILES string of the molecule is CO[Si](C)(C)O[Si](C)(C)O[P+](C)=O. The molecule has 0 amide bonds. The van der Waals surface area contributed by atoms with Crippen molar-refractivity contribution in [2.24, 2.45) is 0 Å². The molecule has 0 heterocycles. The van der Waals surface area contributed by atoms with Crippen molar-refractivity contribution in [1.82, 2.24) is 0 Å². The summed E-state index contributed by atoms with van der Waals surface area (Å²) in [5.41, 5.74) is 0. The Balaban J connectivity index is 4.24. The molecule has 0 N–H and O–H groups in total. The maximum atomic E-state index is 10.9. The van der Waals surface area contributed by atoms with E-state index in [9.17, 15) is 4.57 Å². The Hall–Kier alpha value is 0.414. The van der Waals surface area contributed by atoms with Crippen LogP contribution in [-0.2, 0) is 17.3 Å². The smallest absolute Gasteiger partial charge is 0.412 e. The van der Waals surface area contributed by atoms with Crippen LogP contribution in [0.15, 0.2) is 0 Å². The fourth-order valence-electron chi connectivity index (χ4n) is 0.962. The van der Waals surface area contributed by atoms with Gasteiger partial charge in [-0.3, -0.25) is 0 Å². The van der Waals surface area contributed by atoms with E-state index in [1.165, 1.54) is 6.66 Å². The highest BCUT2D eigenvalue weighted by molar-refractivity contribution is 7.40. The maximum Gasteiger partial charge on any atom is 0.495 e. The summed E-state index contributed by atoms with van der Waals surface area (Å²) in [7, 11) is -4.31. The summed E-state index contributed by atoms with van der Waals surface area (Å²) in [6.45, 7) is 9.16. The van der Waals surface area contributed by atoms with Crippen molar-refractivity contribution in [3.8, 4) is 0 Å². The topological polar surface area (TPSA) is 44.8 Å². The van der Waals surface area contributed by atoms with Gasteiger partial charge < -0.3 is 8.54 Å². The Morgan fingerprint density at radius 1 is 1.08 bits per heavy atom. The molecule has 0 spiro atoms. The number of rotatable bonds is 5. The third-order valence-electron chi connectivity index (χ3n) is 1.33. The van der Waals surface area contributed by atoms with Gasteiger partial charge >= 0.3 is 25.1 Å². The number of hydrogen-bond donors (Lipinski definition) is 0. The summed E-state index contributed by atoms with van der Waals surface area (Å²) in [4.78, 5) is 0. The zero-order chi connectivity index (χ0) is 10.7. The van der Waals surface area contributed by atoms with Crippen molar-refractivity contribution in [3.63, 3.8) is 0 Å². The van der Waals surface area contributed by atoms with Crippen LogP contribution in [0.1, 0.15) is 0 Å². The monoisotopic (exact) mass is 241 g/mol. The summed E-state index contributed by atoms with van der Waals surface area (Å²) in [5, 5.41) is 0. The lowest BCUT2D eigenvalue weighted by Crippen LogP contribution is -2.46. The lowest BCUT2D eigenvalue weighted by molar-refractivity contribution is 0.284. The highest BCUT2D eigenvalue weighted by atomic mass is 31.1. The van der Waals surface area contributed by atoms with E-state index in [-0.39, 0.29) is 0 Å². The lowest BCUT2D eigenvalue weighted by atomic mass is 11.8. The molecule has 0 aliphatic heterocycles. The zero-order valence-electron chi connectivity index (χ0n) is 9.08. The first-order valence-electron chi connectivity index (χ1n) is 4.04. The first-order valence-corrected chi connectivity index (χ1v) is 11.3. The molecule has 7 heteroatoms. The molecule has 0 aliphatic rings. The van der Waals surface area contributed by atoms with E-state index < -0.39 is 25.1 Å². The van der Waals surface area contributed by atoms with Gasteiger partial charge in [-0.25, -0.2) is 0 Å². The molecule has 1 atom stereocenters. The molecule has 0 aromatic heterocycles. The maximum absolute atomic E-state index is 10.9. The van der Waals surface area contributed by atoms with Crippen molar-refractivity contribution in [2.75, 3.05) is 13.8 Å². The summed E-state index contributed by atoms with van der Waals surface area (Å²) in [6, 6.07) is 0. The normalized spacial score (nSPS) is 14.5. The fourth-order valence-corrected chi connectivity index (χ4v) is 8.99. The van der Waals surface area contributed by atoms with Crippen molar-refractivity contribution in [3.05, 3.63) is 0 Å². The van der Waals surface area contributed by atoms with Gasteiger partial charge in [0.2, 0.25) is 0 Å². The largest absolute Gasteiger partial charge is 0.495 e. The summed E-state index contributed by atoms with van der Waals surface area (Å²) >= 11 is 0. The van der Waals surface area contributed by atoms with E-state index in [4.69, 9.17) is 12.8 Å². The first kappa shape index (κ1) is 13.4. The fraction of sp³-hybridized carbons (Fsp3) is 1.00. The average molecular weight is 241 g/mol. The third kappa shape index (κ3) is 6.48. The van der Waals surface area contributed by atoms with E-state index >= 15 is 0 Å². The predicted molar refractivity (Wildman–Crippen MR) is 57.7 cm³/mol. The molecule has 13 heavy (non-hydrogen) atoms. The molecule has 0 aliphatic carbocycles. The van der Waals surface area contributed by atoms with Gasteiger partial charge in [-0.1, -0.05) is 0 Å². The molecule has 78 valence electrons. The summed E-state index contributed by atoms with van der Waals surface area (Å²) in [5.74, 6) is 0. The molecule has 1 unspecified atom stereocenters. The minimum atomic E-state index is -2.27. The second kappa shape index (κ2) is 4.77. The Morgan fingerprint density at radius 3 is 1.85 bits per heavy atom. The van der Waals surface area contributed by atoms with Crippen LogP contribution in [0, 0.1) is 0 Å². The minimum absolute atomic E-state index is 1.54. The van der Waals surface area contributed by atoms with Gasteiger partial charge in [0.1, 0.15) is 0 Å². The Morgan fingerprint density at radius 2 is 1.54 bits per heavy atom. The van der Waals surface area contributed by atoms with Crippen LogP contribution < -0.4 is 0 Å². The zero-order valence-corrected chi connectivity index (χ0v) is 12.0. The van der Waals surface area contributed by atoms with Gasteiger partial charge in [0.25, 0.3) is 0 Å². The van der Waals surface area contributed by atoms with Crippen molar-refractivity contribution in [1.29, 1.82) is 0 Å². The second-order valence-electron chi connectivity index (χ2n) is 3.64. The molecule has 0 aromatic carbocycles. The van der Waals surface area contributed by atoms with Gasteiger partial charge in [0, 0.05) is 7.11 Å². The van der Waals surface area contributed by atoms with E-state index in [0.29, 0.717) is 0 Å². The second-order valence-corrected chi connectivity index (χ2v) is 12.1. The first-order chi connectivity index (χ1) is 5.68. The summed E-state index contributed by atoms with van der Waals surface area (Å²) in [6.07, 6.45) is 0. The van der Waals surface area contributed by atoms with Crippen LogP contribution >= 0.6 is 8.03 Å². The van der Waals surface area contributed by atoms with E-state index in [0.717, 1.165) is 0 Å². The van der Waals surface area contributed by atoms with E-state index in [1.54, 1.807) is 7.11 Å². The third-order valence-corrected chi connectivity index (χ3v) is 9.03. The van der Waals surface area contributed by atoms with Crippen LogP contribution in [0.2, 0.25) is 26.2 Å². The molecular weight excluding hydrogens is 223 g/mol. The highest BCUT2D eigenvalue weighted by Crippen LogP contribution is 2.26. The lowest BCUT2D eigenvalue weighted by Gasteiger charge is -2.27. The molecule has 0 radical (unpaired) electrons. The molecule has 0 bridgehead atoms. The Labute approximate surface area is 83.0 Å². The van der Waals surface area contributed by atoms with Crippen molar-refractivity contribution in [2.45, 2.75) is 26.2 Å². The van der Waals surface area contributed by atoms with Crippen LogP contribution in [-0.4, -0.2) is 30.9 Å². The average Bonchev–Trinajstić information content (AvgIpc) is 1.81. The van der Waals surface area contributed by atoms with Gasteiger partial charge in [0.05, 0.1) is 0 Å². The minimum Gasteiger partial charge on any atom is -0.412 e. The van der Waals surface area contributed by atoms with Crippen molar-refractivity contribution < 1.29 is 17.3 Å². The molecule has 0 saturated heterocycles. The molecule has 0 fully saturated rings. The Bertz CT molecular complexity index is 195. The van der Waals surface area contributed by atoms with Crippen LogP contribution in [0.3, 0.4) is 0 Å². The van der Waals surface area contributed by atoms with Crippen molar-refractivity contribution >= 4 is 25.1 Å². The molecular formula is C6H18O4PSi2+. The van der Waals surface area contributed by atoms with Crippen LogP contribution in [0.25, 0.3) is 0 Å². The standard InChI is InChI=1S/C6H18O4PSi2/c1-8-12(3,4)10-13(5,6)9-11(2)7/h1-6H3/q+1. The van der Waals surface area contributed by atoms with Gasteiger partial charge in [0.15, 0.2) is 6.66 Å². The highest BCUT2D eigenvalue weighted by Gasteiger charge is 2.41. The quantitative estimate of drug-likeness (QED) is 0.548. The van der Waals surface area contributed by atoms with Crippen LogP contribution in [0.4, 0.5) is 0 Å². The van der Waals surface area contributed by atoms with E-state index in [1.807, 2.05) is 26.2 Å². The summed E-state index contributed by atoms with van der Waals surface area (Å²) < 4.78 is 27.1. The Kier molecular flexibility index (Phi) is 4.92. The molecule has 0 aromatic rings. The van der Waals surface area contributed by atoms with Gasteiger partial charge in [-0.05, 0) is 30.8 Å². The van der Waals surface area contributed by atoms with Gasteiger partial charge in [-0.15, -0.1) is 0 Å². The number of hydrogen-bond acceptors (Lipinski definition) is 4.